The highest BCUT2D eigenvalue weighted by molar-refractivity contribution is 6.59. The van der Waals surface area contributed by atoms with E-state index in [1.54, 1.807) is 0 Å². The third-order valence-corrected chi connectivity index (χ3v) is 2.79. The third kappa shape index (κ3) is 2.87. The molecule has 0 unspecified atom stereocenters. The van der Waals surface area contributed by atoms with Crippen LogP contribution in [0.15, 0.2) is 48.2 Å². The van der Waals surface area contributed by atoms with Gasteiger partial charge in [0.1, 0.15) is 12.4 Å². The van der Waals surface area contributed by atoms with Gasteiger partial charge in [-0.2, -0.15) is 7.28 Å². The van der Waals surface area contributed by atoms with Gasteiger partial charge in [0.2, 0.25) is 0 Å². The number of rotatable bonds is 3. The van der Waals surface area contributed by atoms with Crippen molar-refractivity contribution in [1.82, 2.24) is 4.57 Å². The lowest BCUT2D eigenvalue weighted by atomic mass is 9.68. The molecule has 2 nitrogen and oxygen atoms in total. The average molecular weight is 224 g/mol. The van der Waals surface area contributed by atoms with E-state index in [-0.39, 0.29) is 0 Å². The number of nitrogens with zero attached hydrogens (tertiary/aromatic N) is 2. The third-order valence-electron chi connectivity index (χ3n) is 2.79. The van der Waals surface area contributed by atoms with E-state index in [0.29, 0.717) is 0 Å². The second-order valence-corrected chi connectivity index (χ2v) is 4.32. The van der Waals surface area contributed by atoms with Gasteiger partial charge in [-0.15, -0.1) is 0 Å². The van der Waals surface area contributed by atoms with Crippen molar-refractivity contribution in [2.24, 2.45) is 14.1 Å². The first-order valence-corrected chi connectivity index (χ1v) is 5.76. The van der Waals surface area contributed by atoms with Crippen molar-refractivity contribution < 1.29 is 4.57 Å². The van der Waals surface area contributed by atoms with Gasteiger partial charge in [0.05, 0.1) is 14.1 Å². The van der Waals surface area contributed by atoms with E-state index in [2.05, 4.69) is 80.2 Å². The van der Waals surface area contributed by atoms with Gasteiger partial charge in [0.25, 0.3) is 0 Å². The molecule has 0 amide bonds. The van der Waals surface area contributed by atoms with Gasteiger partial charge < -0.3 is 0 Å². The molecular formula is C14H17BN2. The van der Waals surface area contributed by atoms with Crippen LogP contribution in [-0.2, 0) is 14.1 Å². The maximum Gasteiger partial charge on any atom is 0.125 e. The molecule has 0 N–H and O–H groups in total. The smallest absolute Gasteiger partial charge is 0.125 e. The van der Waals surface area contributed by atoms with E-state index < -0.39 is 0 Å². The Kier molecular flexibility index (Phi) is 3.47. The van der Waals surface area contributed by atoms with Crippen LogP contribution in [0.25, 0.3) is 6.08 Å². The molecule has 2 rings (SSSR count). The van der Waals surface area contributed by atoms with E-state index in [1.165, 1.54) is 16.8 Å². The number of imidazole rings is 1. The van der Waals surface area contributed by atoms with Crippen LogP contribution >= 0.6 is 0 Å². The highest BCUT2D eigenvalue weighted by atomic mass is 15.1. The van der Waals surface area contributed by atoms with Crippen LogP contribution in [0.3, 0.4) is 0 Å². The van der Waals surface area contributed by atoms with E-state index in [0.717, 1.165) is 0 Å². The van der Waals surface area contributed by atoms with E-state index in [1.807, 2.05) is 6.07 Å². The Morgan fingerprint density at radius 1 is 1.29 bits per heavy atom. The minimum Gasteiger partial charge on any atom is -0.291 e. The molecule has 0 atom stereocenters. The SMILES string of the molecule is C/C([B-]c1n(C)cc[n+]1C)=C\c1ccccc1. The number of hydrogen-bond donors (Lipinski definition) is 0. The predicted octanol–water partition coefficient (Wildman–Crippen LogP) is 1.24. The van der Waals surface area contributed by atoms with Crippen LogP contribution < -0.4 is 10.3 Å². The van der Waals surface area contributed by atoms with E-state index >= 15 is 0 Å². The van der Waals surface area contributed by atoms with Crippen LogP contribution in [0.2, 0.25) is 0 Å². The summed E-state index contributed by atoms with van der Waals surface area (Å²) in [6, 6.07) is 10.4. The Morgan fingerprint density at radius 2 is 2.00 bits per heavy atom. The first kappa shape index (κ1) is 11.7. The molecule has 0 bridgehead atoms. The molecule has 3 heteroatoms. The Labute approximate surface area is 103 Å². The van der Waals surface area contributed by atoms with Crippen molar-refractivity contribution in [2.75, 3.05) is 0 Å². The lowest BCUT2D eigenvalue weighted by Gasteiger charge is -2.14. The van der Waals surface area contributed by atoms with Crippen LogP contribution in [0.1, 0.15) is 12.5 Å². The Bertz CT molecular complexity index is 507. The molecule has 1 aromatic carbocycles. The van der Waals surface area contributed by atoms with Crippen molar-refractivity contribution in [3.05, 3.63) is 53.8 Å². The molecule has 17 heavy (non-hydrogen) atoms. The van der Waals surface area contributed by atoms with Gasteiger partial charge in [-0.3, -0.25) is 14.6 Å². The van der Waals surface area contributed by atoms with Gasteiger partial charge in [0.15, 0.2) is 0 Å². The Balaban J connectivity index is 2.17. The van der Waals surface area contributed by atoms with E-state index in [9.17, 15) is 0 Å². The van der Waals surface area contributed by atoms with Crippen molar-refractivity contribution in [1.29, 1.82) is 0 Å². The molecule has 2 aromatic rings. The Hall–Kier alpha value is -1.77. The molecule has 0 saturated heterocycles. The van der Waals surface area contributed by atoms with Crippen LogP contribution in [0.4, 0.5) is 0 Å². The number of benzene rings is 1. The molecule has 0 aliphatic rings. The molecular weight excluding hydrogens is 207 g/mol. The quantitative estimate of drug-likeness (QED) is 0.548. The molecule has 0 aliphatic heterocycles. The van der Waals surface area contributed by atoms with Crippen LogP contribution in [0.5, 0.6) is 0 Å². The fraction of sp³-hybridized carbons (Fsp3) is 0.214. The van der Waals surface area contributed by atoms with Gasteiger partial charge in [-0.1, -0.05) is 43.3 Å². The summed E-state index contributed by atoms with van der Waals surface area (Å²) in [5.41, 5.74) is 3.67. The Morgan fingerprint density at radius 3 is 2.59 bits per heavy atom. The van der Waals surface area contributed by atoms with Crippen molar-refractivity contribution in [2.45, 2.75) is 6.92 Å². The number of allylic oxidation sites excluding steroid dienone is 1. The number of aromatic nitrogens is 2. The minimum atomic E-state index is 1.19. The highest BCUT2D eigenvalue weighted by Crippen LogP contribution is 2.04. The maximum atomic E-state index is 2.19. The van der Waals surface area contributed by atoms with Crippen molar-refractivity contribution in [3.63, 3.8) is 0 Å². The summed E-state index contributed by atoms with van der Waals surface area (Å²) in [4.78, 5) is 0. The average Bonchev–Trinajstić information content (AvgIpc) is 2.62. The molecule has 1 aromatic heterocycles. The topological polar surface area (TPSA) is 8.81 Å². The fourth-order valence-electron chi connectivity index (χ4n) is 1.86. The minimum absolute atomic E-state index is 1.19. The number of aryl methyl sites for hydroxylation is 2. The first-order valence-electron chi connectivity index (χ1n) is 5.76. The van der Waals surface area contributed by atoms with Crippen molar-refractivity contribution >= 4 is 19.1 Å². The maximum absolute atomic E-state index is 2.19. The normalized spacial score (nSPS) is 11.8. The van der Waals surface area contributed by atoms with Crippen LogP contribution in [0, 0.1) is 0 Å². The molecule has 0 aliphatic carbocycles. The summed E-state index contributed by atoms with van der Waals surface area (Å²) in [6.07, 6.45) is 6.30. The zero-order valence-electron chi connectivity index (χ0n) is 10.6. The van der Waals surface area contributed by atoms with Crippen molar-refractivity contribution in [3.8, 4) is 0 Å². The van der Waals surface area contributed by atoms with Gasteiger partial charge in [-0.05, 0) is 5.56 Å². The monoisotopic (exact) mass is 224 g/mol. The molecule has 0 fully saturated rings. The summed E-state index contributed by atoms with van der Waals surface area (Å²) in [5.74, 6) is 0. The summed E-state index contributed by atoms with van der Waals surface area (Å²) in [7, 11) is 6.30. The summed E-state index contributed by atoms with van der Waals surface area (Å²) >= 11 is 0. The summed E-state index contributed by atoms with van der Waals surface area (Å²) in [5, 5.41) is 0. The molecule has 2 radical (unpaired) electrons. The van der Waals surface area contributed by atoms with Gasteiger partial charge in [0, 0.05) is 5.72 Å². The van der Waals surface area contributed by atoms with Gasteiger partial charge in [-0.25, -0.2) is 0 Å². The lowest BCUT2D eigenvalue weighted by Crippen LogP contribution is -2.49. The highest BCUT2D eigenvalue weighted by Gasteiger charge is 1.98. The zero-order chi connectivity index (χ0) is 12.3. The van der Waals surface area contributed by atoms with Gasteiger partial charge >= 0.3 is 0 Å². The summed E-state index contributed by atoms with van der Waals surface area (Å²) in [6.45, 7) is 2.12. The molecule has 0 spiro atoms. The second-order valence-electron chi connectivity index (χ2n) is 4.32. The fourth-order valence-corrected chi connectivity index (χ4v) is 1.86. The standard InChI is InChI=1S/C14H17BN2/c1-12(11-13-7-5-4-6-8-13)15-14-16(2)9-10-17(14)3/h4-11H,1-3H3/b12-11+. The molecule has 86 valence electrons. The largest absolute Gasteiger partial charge is 0.291 e. The first-order chi connectivity index (χ1) is 8.16. The van der Waals surface area contributed by atoms with E-state index in [4.69, 9.17) is 0 Å². The molecule has 0 saturated carbocycles. The zero-order valence-corrected chi connectivity index (χ0v) is 10.6. The molecule has 1 heterocycles. The number of hydrogen-bond acceptors (Lipinski definition) is 0. The summed E-state index contributed by atoms with van der Waals surface area (Å²) < 4.78 is 4.23. The second kappa shape index (κ2) is 5.04. The lowest BCUT2D eigenvalue weighted by molar-refractivity contribution is -0.652. The predicted molar refractivity (Wildman–Crippen MR) is 72.1 cm³/mol. The van der Waals surface area contributed by atoms with Crippen LogP contribution in [-0.4, -0.2) is 11.8 Å².